The number of carbonyl (C=O) groups excluding carboxylic acids is 1. The Balaban J connectivity index is 1.99. The van der Waals surface area contributed by atoms with Crippen molar-refractivity contribution >= 4 is 23.2 Å². The van der Waals surface area contributed by atoms with Gasteiger partial charge in [0.2, 0.25) is 5.91 Å². The summed E-state index contributed by atoms with van der Waals surface area (Å²) in [6.45, 7) is 1.87. The molecular formula is C15H22N2O3S. The fourth-order valence-corrected chi connectivity index (χ4v) is 3.63. The number of carboxylic acid groups (broad SMARTS) is 1. The Bertz CT molecular complexity index is 479. The number of carboxylic acids is 1. The largest absolute Gasteiger partial charge is 0.481 e. The smallest absolute Gasteiger partial charge is 0.310 e. The number of carbonyl (C=O) groups is 2. The Labute approximate surface area is 128 Å². The Kier molecular flexibility index (Phi) is 5.33. The number of hydrogen-bond acceptors (Lipinski definition) is 4. The first-order valence-electron chi connectivity index (χ1n) is 7.46. The molecule has 0 radical (unpaired) electrons. The second-order valence-electron chi connectivity index (χ2n) is 5.84. The van der Waals surface area contributed by atoms with E-state index in [9.17, 15) is 14.7 Å². The summed E-state index contributed by atoms with van der Waals surface area (Å²) in [7, 11) is 0. The summed E-state index contributed by atoms with van der Waals surface area (Å²) < 4.78 is 0. The van der Waals surface area contributed by atoms with Crippen LogP contribution in [0.25, 0.3) is 0 Å². The number of aromatic nitrogens is 1. The molecule has 0 bridgehead atoms. The van der Waals surface area contributed by atoms with Gasteiger partial charge in [-0.15, -0.1) is 11.3 Å². The summed E-state index contributed by atoms with van der Waals surface area (Å²) in [6.07, 6.45) is 6.87. The van der Waals surface area contributed by atoms with Gasteiger partial charge in [-0.05, 0) is 19.8 Å². The van der Waals surface area contributed by atoms with Crippen LogP contribution in [0.4, 0.5) is 0 Å². The third-order valence-electron chi connectivity index (χ3n) is 4.21. The third-order valence-corrected chi connectivity index (χ3v) is 5.17. The van der Waals surface area contributed by atoms with Crippen molar-refractivity contribution < 1.29 is 14.7 Å². The van der Waals surface area contributed by atoms with Gasteiger partial charge in [0, 0.05) is 18.0 Å². The molecule has 21 heavy (non-hydrogen) atoms. The fourth-order valence-electron chi connectivity index (χ4n) is 2.98. The van der Waals surface area contributed by atoms with Crippen molar-refractivity contribution in [2.45, 2.75) is 57.9 Å². The molecule has 6 heteroatoms. The Morgan fingerprint density at radius 3 is 2.57 bits per heavy atom. The SMILES string of the molecule is CC(NC(=O)CC1(C(=O)O)CCCCCC1)c1nccs1. The number of rotatable bonds is 5. The Hall–Kier alpha value is -1.43. The Morgan fingerprint density at radius 2 is 2.05 bits per heavy atom. The molecule has 0 saturated heterocycles. The van der Waals surface area contributed by atoms with Crippen LogP contribution in [0.15, 0.2) is 11.6 Å². The van der Waals surface area contributed by atoms with Crippen molar-refractivity contribution in [3.05, 3.63) is 16.6 Å². The number of nitrogens with zero attached hydrogens (tertiary/aromatic N) is 1. The lowest BCUT2D eigenvalue weighted by Gasteiger charge is -2.27. The molecule has 1 unspecified atom stereocenters. The molecule has 1 saturated carbocycles. The van der Waals surface area contributed by atoms with Crippen LogP contribution in [0, 0.1) is 5.41 Å². The minimum absolute atomic E-state index is 0.0675. The van der Waals surface area contributed by atoms with E-state index in [2.05, 4.69) is 10.3 Å². The van der Waals surface area contributed by atoms with Gasteiger partial charge >= 0.3 is 5.97 Å². The monoisotopic (exact) mass is 310 g/mol. The molecule has 1 aliphatic rings. The van der Waals surface area contributed by atoms with Gasteiger partial charge in [-0.25, -0.2) is 4.98 Å². The first kappa shape index (κ1) is 15.9. The van der Waals surface area contributed by atoms with Crippen molar-refractivity contribution in [1.29, 1.82) is 0 Å². The fraction of sp³-hybridized carbons (Fsp3) is 0.667. The lowest BCUT2D eigenvalue weighted by Crippen LogP contribution is -2.38. The van der Waals surface area contributed by atoms with Crippen LogP contribution in [-0.2, 0) is 9.59 Å². The summed E-state index contributed by atoms with van der Waals surface area (Å²) >= 11 is 1.49. The predicted molar refractivity (Wildman–Crippen MR) is 81.1 cm³/mol. The molecule has 2 rings (SSSR count). The van der Waals surface area contributed by atoms with Crippen molar-refractivity contribution in [2.75, 3.05) is 0 Å². The first-order chi connectivity index (χ1) is 10.0. The lowest BCUT2D eigenvalue weighted by molar-refractivity contribution is -0.153. The number of aliphatic carboxylic acids is 1. The molecule has 1 aromatic heterocycles. The van der Waals surface area contributed by atoms with Crippen LogP contribution >= 0.6 is 11.3 Å². The van der Waals surface area contributed by atoms with E-state index < -0.39 is 11.4 Å². The summed E-state index contributed by atoms with van der Waals surface area (Å²) in [4.78, 5) is 28.1. The second kappa shape index (κ2) is 7.02. The molecule has 0 spiro atoms. The van der Waals surface area contributed by atoms with Crippen LogP contribution < -0.4 is 5.32 Å². The average molecular weight is 310 g/mol. The van der Waals surface area contributed by atoms with Gasteiger partial charge in [0.05, 0.1) is 11.5 Å². The van der Waals surface area contributed by atoms with Crippen molar-refractivity contribution in [1.82, 2.24) is 10.3 Å². The molecule has 0 aromatic carbocycles. The maximum Gasteiger partial charge on any atom is 0.310 e. The van der Waals surface area contributed by atoms with E-state index in [-0.39, 0.29) is 18.4 Å². The van der Waals surface area contributed by atoms with Gasteiger partial charge in [-0.2, -0.15) is 0 Å². The molecule has 1 fully saturated rings. The standard InChI is InChI=1S/C15H22N2O3S/c1-11(13-16-8-9-21-13)17-12(18)10-15(14(19)20)6-4-2-3-5-7-15/h8-9,11H,2-7,10H2,1H3,(H,17,18)(H,19,20). The van der Waals surface area contributed by atoms with Gasteiger partial charge in [-0.3, -0.25) is 9.59 Å². The molecular weight excluding hydrogens is 288 g/mol. The average Bonchev–Trinajstić information content (AvgIpc) is 2.86. The van der Waals surface area contributed by atoms with E-state index in [1.807, 2.05) is 12.3 Å². The molecule has 2 N–H and O–H groups in total. The maximum atomic E-state index is 12.2. The van der Waals surface area contributed by atoms with Crippen LogP contribution in [0.5, 0.6) is 0 Å². The van der Waals surface area contributed by atoms with Crippen molar-refractivity contribution in [2.24, 2.45) is 5.41 Å². The molecule has 1 amide bonds. The maximum absolute atomic E-state index is 12.2. The molecule has 0 aliphatic heterocycles. The van der Waals surface area contributed by atoms with Gasteiger partial charge in [-0.1, -0.05) is 25.7 Å². The lowest BCUT2D eigenvalue weighted by atomic mass is 9.77. The van der Waals surface area contributed by atoms with Crippen LogP contribution in [0.3, 0.4) is 0 Å². The van der Waals surface area contributed by atoms with Crippen LogP contribution in [0.2, 0.25) is 0 Å². The van der Waals surface area contributed by atoms with E-state index in [0.29, 0.717) is 12.8 Å². The zero-order valence-electron chi connectivity index (χ0n) is 12.3. The van der Waals surface area contributed by atoms with Crippen LogP contribution in [-0.4, -0.2) is 22.0 Å². The molecule has 1 aliphatic carbocycles. The minimum atomic E-state index is -0.886. The zero-order valence-corrected chi connectivity index (χ0v) is 13.1. The van der Waals surface area contributed by atoms with Crippen molar-refractivity contribution in [3.63, 3.8) is 0 Å². The van der Waals surface area contributed by atoms with E-state index in [0.717, 1.165) is 30.7 Å². The molecule has 1 heterocycles. The number of nitrogens with one attached hydrogen (secondary N) is 1. The van der Waals surface area contributed by atoms with Gasteiger partial charge in [0.15, 0.2) is 0 Å². The summed E-state index contributed by atoms with van der Waals surface area (Å²) in [5.74, 6) is -1.02. The number of amides is 1. The quantitative estimate of drug-likeness (QED) is 0.819. The van der Waals surface area contributed by atoms with Gasteiger partial charge < -0.3 is 10.4 Å². The summed E-state index contributed by atoms with van der Waals surface area (Å²) in [5, 5.41) is 15.2. The van der Waals surface area contributed by atoms with E-state index >= 15 is 0 Å². The highest BCUT2D eigenvalue weighted by molar-refractivity contribution is 7.09. The number of hydrogen-bond donors (Lipinski definition) is 2. The van der Waals surface area contributed by atoms with E-state index in [1.54, 1.807) is 6.20 Å². The highest BCUT2D eigenvalue weighted by atomic mass is 32.1. The molecule has 1 aromatic rings. The number of thiazole rings is 1. The molecule has 116 valence electrons. The third kappa shape index (κ3) is 4.03. The highest BCUT2D eigenvalue weighted by Gasteiger charge is 2.40. The summed E-state index contributed by atoms with van der Waals surface area (Å²) in [5.41, 5.74) is -0.886. The first-order valence-corrected chi connectivity index (χ1v) is 8.34. The highest BCUT2D eigenvalue weighted by Crippen LogP contribution is 2.38. The molecule has 1 atom stereocenters. The van der Waals surface area contributed by atoms with Gasteiger partial charge in [0.25, 0.3) is 0 Å². The minimum Gasteiger partial charge on any atom is -0.481 e. The topological polar surface area (TPSA) is 79.3 Å². The predicted octanol–water partition coefficient (Wildman–Crippen LogP) is 3.14. The summed E-state index contributed by atoms with van der Waals surface area (Å²) in [6, 6.07) is -0.172. The molecule has 5 nitrogen and oxygen atoms in total. The zero-order chi connectivity index (χ0) is 15.3. The van der Waals surface area contributed by atoms with Gasteiger partial charge in [0.1, 0.15) is 5.01 Å². The second-order valence-corrected chi connectivity index (χ2v) is 6.76. The van der Waals surface area contributed by atoms with E-state index in [1.165, 1.54) is 11.3 Å². The van der Waals surface area contributed by atoms with E-state index in [4.69, 9.17) is 0 Å². The van der Waals surface area contributed by atoms with Crippen LogP contribution in [0.1, 0.15) is 62.9 Å². The van der Waals surface area contributed by atoms with Crippen molar-refractivity contribution in [3.8, 4) is 0 Å². The Morgan fingerprint density at radius 1 is 1.38 bits per heavy atom. The normalized spacial score (nSPS) is 19.5.